The van der Waals surface area contributed by atoms with Crippen molar-refractivity contribution in [2.45, 2.75) is 6.54 Å². The summed E-state index contributed by atoms with van der Waals surface area (Å²) >= 11 is 0. The van der Waals surface area contributed by atoms with E-state index in [1.807, 2.05) is 24.1 Å². The standard InChI is InChI=1S/C8H11N2/c1-10(2)7-8-3-5-9-6-4-8/h3-6H,1,7H2,2H3/q-1. The first-order valence-corrected chi connectivity index (χ1v) is 3.19. The molecule has 1 rings (SSSR count). The fraction of sp³-hybridized carbons (Fsp3) is 0.250. The third-order valence-electron chi connectivity index (χ3n) is 1.20. The first-order valence-electron chi connectivity index (χ1n) is 3.19. The highest BCUT2D eigenvalue weighted by atomic mass is 15.0. The van der Waals surface area contributed by atoms with Crippen LogP contribution in [0.2, 0.25) is 0 Å². The Kier molecular flexibility index (Phi) is 2.40. The summed E-state index contributed by atoms with van der Waals surface area (Å²) < 4.78 is 0. The maximum Gasteiger partial charge on any atom is 0.0271 e. The molecule has 2 heteroatoms. The van der Waals surface area contributed by atoms with E-state index in [9.17, 15) is 0 Å². The van der Waals surface area contributed by atoms with E-state index in [4.69, 9.17) is 0 Å². The lowest BCUT2D eigenvalue weighted by Gasteiger charge is -2.16. The lowest BCUT2D eigenvalue weighted by molar-refractivity contribution is 0.444. The quantitative estimate of drug-likeness (QED) is 0.568. The van der Waals surface area contributed by atoms with E-state index in [1.54, 1.807) is 12.4 Å². The molecule has 0 radical (unpaired) electrons. The highest BCUT2D eigenvalue weighted by molar-refractivity contribution is 5.08. The van der Waals surface area contributed by atoms with E-state index in [0.29, 0.717) is 0 Å². The van der Waals surface area contributed by atoms with Gasteiger partial charge in [0, 0.05) is 12.4 Å². The Morgan fingerprint density at radius 1 is 1.50 bits per heavy atom. The van der Waals surface area contributed by atoms with Crippen molar-refractivity contribution < 1.29 is 0 Å². The molecule has 1 aromatic heterocycles. The molecule has 0 bridgehead atoms. The van der Waals surface area contributed by atoms with E-state index < -0.39 is 0 Å². The molecule has 0 saturated heterocycles. The van der Waals surface area contributed by atoms with Crippen LogP contribution in [0.3, 0.4) is 0 Å². The van der Waals surface area contributed by atoms with Crippen molar-refractivity contribution in [3.8, 4) is 0 Å². The van der Waals surface area contributed by atoms with Gasteiger partial charge < -0.3 is 4.90 Å². The average Bonchev–Trinajstić information content (AvgIpc) is 1.88. The predicted octanol–water partition coefficient (Wildman–Crippen LogP) is 1.30. The monoisotopic (exact) mass is 135 g/mol. The van der Waals surface area contributed by atoms with E-state index in [2.05, 4.69) is 12.0 Å². The van der Waals surface area contributed by atoms with Crippen LogP contribution in [-0.2, 0) is 6.54 Å². The SMILES string of the molecule is [CH2-]N(C)Cc1ccncc1. The zero-order chi connectivity index (χ0) is 7.40. The molecule has 0 amide bonds. The van der Waals surface area contributed by atoms with Crippen LogP contribution >= 0.6 is 0 Å². The maximum atomic E-state index is 3.91. The van der Waals surface area contributed by atoms with Crippen LogP contribution in [0.25, 0.3) is 0 Å². The van der Waals surface area contributed by atoms with Crippen LogP contribution in [0.5, 0.6) is 0 Å². The second-order valence-corrected chi connectivity index (χ2v) is 2.37. The number of hydrogen-bond donors (Lipinski definition) is 0. The van der Waals surface area contributed by atoms with E-state index in [-0.39, 0.29) is 0 Å². The maximum absolute atomic E-state index is 3.91. The molecule has 54 valence electrons. The third-order valence-corrected chi connectivity index (χ3v) is 1.20. The van der Waals surface area contributed by atoms with Crippen molar-refractivity contribution >= 4 is 0 Å². The smallest absolute Gasteiger partial charge is 0.0271 e. The molecule has 0 atom stereocenters. The van der Waals surface area contributed by atoms with Gasteiger partial charge in [0.05, 0.1) is 0 Å². The zero-order valence-corrected chi connectivity index (χ0v) is 6.12. The topological polar surface area (TPSA) is 16.1 Å². The first-order chi connectivity index (χ1) is 4.79. The second kappa shape index (κ2) is 3.32. The Morgan fingerprint density at radius 2 is 2.10 bits per heavy atom. The largest absolute Gasteiger partial charge is 0.458 e. The van der Waals surface area contributed by atoms with Gasteiger partial charge in [-0.05, 0) is 31.3 Å². The highest BCUT2D eigenvalue weighted by Gasteiger charge is 1.86. The Morgan fingerprint density at radius 3 is 2.60 bits per heavy atom. The molecule has 10 heavy (non-hydrogen) atoms. The van der Waals surface area contributed by atoms with Gasteiger partial charge in [0.2, 0.25) is 0 Å². The normalized spacial score (nSPS) is 10.3. The minimum atomic E-state index is 0.878. The van der Waals surface area contributed by atoms with Gasteiger partial charge in [-0.25, -0.2) is 0 Å². The lowest BCUT2D eigenvalue weighted by atomic mass is 10.3. The summed E-state index contributed by atoms with van der Waals surface area (Å²) in [6.45, 7) is 0.878. The molecule has 1 aromatic rings. The highest BCUT2D eigenvalue weighted by Crippen LogP contribution is 1.98. The summed E-state index contributed by atoms with van der Waals surface area (Å²) in [6.07, 6.45) is 3.58. The van der Waals surface area contributed by atoms with Crippen LogP contribution in [0.15, 0.2) is 24.5 Å². The molecular formula is C8H11N2-. The molecule has 0 N–H and O–H groups in total. The summed E-state index contributed by atoms with van der Waals surface area (Å²) in [6, 6.07) is 3.98. The molecule has 1 heterocycles. The Hall–Kier alpha value is -0.890. The van der Waals surface area contributed by atoms with Gasteiger partial charge in [-0.15, -0.1) is 0 Å². The Balaban J connectivity index is 2.59. The molecule has 0 aliphatic heterocycles. The summed E-state index contributed by atoms with van der Waals surface area (Å²) in [4.78, 5) is 5.80. The molecule has 2 nitrogen and oxygen atoms in total. The van der Waals surface area contributed by atoms with Crippen LogP contribution in [-0.4, -0.2) is 16.9 Å². The van der Waals surface area contributed by atoms with Gasteiger partial charge in [0.15, 0.2) is 0 Å². The van der Waals surface area contributed by atoms with Gasteiger partial charge in [-0.3, -0.25) is 12.0 Å². The van der Waals surface area contributed by atoms with Crippen molar-refractivity contribution in [2.75, 3.05) is 7.05 Å². The minimum absolute atomic E-state index is 0.878. The number of rotatable bonds is 2. The second-order valence-electron chi connectivity index (χ2n) is 2.37. The fourth-order valence-corrected chi connectivity index (χ4v) is 0.800. The van der Waals surface area contributed by atoms with Crippen molar-refractivity contribution in [3.63, 3.8) is 0 Å². The van der Waals surface area contributed by atoms with Gasteiger partial charge in [-0.1, -0.05) is 0 Å². The average molecular weight is 135 g/mol. The molecule has 0 aliphatic rings. The van der Waals surface area contributed by atoms with Crippen LogP contribution in [0.4, 0.5) is 0 Å². The summed E-state index contributed by atoms with van der Waals surface area (Å²) in [7, 11) is 5.69. The summed E-state index contributed by atoms with van der Waals surface area (Å²) in [5, 5.41) is 0. The molecular weight excluding hydrogens is 124 g/mol. The molecule has 0 fully saturated rings. The molecule has 0 unspecified atom stereocenters. The minimum Gasteiger partial charge on any atom is -0.458 e. The van der Waals surface area contributed by atoms with Gasteiger partial charge >= 0.3 is 0 Å². The zero-order valence-electron chi connectivity index (χ0n) is 6.12. The molecule has 0 spiro atoms. The number of nitrogens with zero attached hydrogens (tertiary/aromatic N) is 2. The van der Waals surface area contributed by atoms with Crippen molar-refractivity contribution in [3.05, 3.63) is 37.1 Å². The van der Waals surface area contributed by atoms with Gasteiger partial charge in [0.25, 0.3) is 0 Å². The number of pyridine rings is 1. The number of hydrogen-bond acceptors (Lipinski definition) is 2. The summed E-state index contributed by atoms with van der Waals surface area (Å²) in [5.41, 5.74) is 1.24. The fourth-order valence-electron chi connectivity index (χ4n) is 0.800. The Bertz CT molecular complexity index is 182. The molecule has 0 aliphatic carbocycles. The van der Waals surface area contributed by atoms with Gasteiger partial charge in [-0.2, -0.15) is 0 Å². The van der Waals surface area contributed by atoms with E-state index in [0.717, 1.165) is 6.54 Å². The van der Waals surface area contributed by atoms with Crippen molar-refractivity contribution in [2.24, 2.45) is 0 Å². The lowest BCUT2D eigenvalue weighted by Crippen LogP contribution is -2.07. The van der Waals surface area contributed by atoms with Crippen molar-refractivity contribution in [1.29, 1.82) is 0 Å². The number of aromatic nitrogens is 1. The van der Waals surface area contributed by atoms with Crippen LogP contribution < -0.4 is 0 Å². The van der Waals surface area contributed by atoms with Crippen LogP contribution in [0.1, 0.15) is 5.56 Å². The van der Waals surface area contributed by atoms with Crippen LogP contribution in [0, 0.1) is 7.05 Å². The predicted molar refractivity (Wildman–Crippen MR) is 41.1 cm³/mol. The van der Waals surface area contributed by atoms with Gasteiger partial charge in [0.1, 0.15) is 0 Å². The van der Waals surface area contributed by atoms with E-state index >= 15 is 0 Å². The summed E-state index contributed by atoms with van der Waals surface area (Å²) in [5.74, 6) is 0. The molecule has 0 aromatic carbocycles. The van der Waals surface area contributed by atoms with Crippen molar-refractivity contribution in [1.82, 2.24) is 9.88 Å². The third kappa shape index (κ3) is 2.15. The Labute approximate surface area is 61.5 Å². The van der Waals surface area contributed by atoms with E-state index in [1.165, 1.54) is 5.56 Å². The molecule has 0 saturated carbocycles. The first kappa shape index (κ1) is 7.22.